The molecule has 154 valence electrons. The van der Waals surface area contributed by atoms with E-state index in [0.717, 1.165) is 6.54 Å². The molecular formula is C27H29NO2. The SMILES string of the molecule is CC(C)(C)OC(=O)[C@@H]1[C@H](c2ccccc2)CN1C(c1ccccc1)c1ccccc1. The lowest BCUT2D eigenvalue weighted by atomic mass is 9.79. The van der Waals surface area contributed by atoms with Gasteiger partial charge in [-0.2, -0.15) is 0 Å². The number of esters is 1. The Morgan fingerprint density at radius 3 is 1.77 bits per heavy atom. The zero-order chi connectivity index (χ0) is 21.1. The molecule has 3 heteroatoms. The van der Waals surface area contributed by atoms with Gasteiger partial charge in [0.2, 0.25) is 0 Å². The molecule has 1 aliphatic heterocycles. The fourth-order valence-electron chi connectivity index (χ4n) is 4.30. The van der Waals surface area contributed by atoms with Crippen LogP contribution >= 0.6 is 0 Å². The van der Waals surface area contributed by atoms with Gasteiger partial charge in [-0.15, -0.1) is 0 Å². The molecule has 0 aliphatic carbocycles. The van der Waals surface area contributed by atoms with Crippen molar-refractivity contribution in [3.63, 3.8) is 0 Å². The van der Waals surface area contributed by atoms with E-state index < -0.39 is 5.60 Å². The molecule has 1 saturated heterocycles. The van der Waals surface area contributed by atoms with E-state index in [2.05, 4.69) is 65.6 Å². The number of nitrogens with zero attached hydrogens (tertiary/aromatic N) is 1. The van der Waals surface area contributed by atoms with Crippen molar-refractivity contribution in [1.82, 2.24) is 4.90 Å². The topological polar surface area (TPSA) is 29.5 Å². The number of hydrogen-bond donors (Lipinski definition) is 0. The van der Waals surface area contributed by atoms with Crippen molar-refractivity contribution in [2.45, 2.75) is 44.4 Å². The Kier molecular flexibility index (Phi) is 5.74. The molecule has 30 heavy (non-hydrogen) atoms. The predicted molar refractivity (Wildman–Crippen MR) is 120 cm³/mol. The smallest absolute Gasteiger partial charge is 0.324 e. The summed E-state index contributed by atoms with van der Waals surface area (Å²) in [5.41, 5.74) is 3.03. The minimum Gasteiger partial charge on any atom is -0.459 e. The lowest BCUT2D eigenvalue weighted by molar-refractivity contribution is -0.170. The standard InChI is InChI=1S/C27H29NO2/c1-27(2,3)30-26(29)25-23(20-13-7-4-8-14-20)19-28(25)24(21-15-9-5-10-16-21)22-17-11-6-12-18-22/h4-18,23-25H,19H2,1-3H3/t23-,25-/m0/s1. The summed E-state index contributed by atoms with van der Waals surface area (Å²) < 4.78 is 5.86. The zero-order valence-corrected chi connectivity index (χ0v) is 17.9. The highest BCUT2D eigenvalue weighted by Gasteiger charge is 2.49. The van der Waals surface area contributed by atoms with Crippen LogP contribution in [0.25, 0.3) is 0 Å². The molecule has 0 unspecified atom stereocenters. The van der Waals surface area contributed by atoms with E-state index >= 15 is 0 Å². The molecule has 4 rings (SSSR count). The summed E-state index contributed by atoms with van der Waals surface area (Å²) in [5.74, 6) is -0.0320. The molecule has 0 saturated carbocycles. The fourth-order valence-corrected chi connectivity index (χ4v) is 4.30. The van der Waals surface area contributed by atoms with Gasteiger partial charge in [0, 0.05) is 12.5 Å². The van der Waals surface area contributed by atoms with Crippen molar-refractivity contribution >= 4 is 5.97 Å². The van der Waals surface area contributed by atoms with Gasteiger partial charge in [-0.25, -0.2) is 0 Å². The van der Waals surface area contributed by atoms with E-state index in [-0.39, 0.29) is 24.0 Å². The zero-order valence-electron chi connectivity index (χ0n) is 17.9. The van der Waals surface area contributed by atoms with Crippen molar-refractivity contribution in [3.8, 4) is 0 Å². The van der Waals surface area contributed by atoms with E-state index in [9.17, 15) is 4.79 Å². The Balaban J connectivity index is 1.73. The van der Waals surface area contributed by atoms with Crippen LogP contribution in [-0.4, -0.2) is 29.1 Å². The lowest BCUT2D eigenvalue weighted by Gasteiger charge is -2.51. The largest absolute Gasteiger partial charge is 0.459 e. The van der Waals surface area contributed by atoms with Gasteiger partial charge in [0.05, 0.1) is 6.04 Å². The highest BCUT2D eigenvalue weighted by atomic mass is 16.6. The summed E-state index contributed by atoms with van der Waals surface area (Å²) in [6.07, 6.45) is 0. The van der Waals surface area contributed by atoms with Crippen molar-refractivity contribution in [1.29, 1.82) is 0 Å². The first-order valence-corrected chi connectivity index (χ1v) is 10.6. The molecule has 1 fully saturated rings. The maximum absolute atomic E-state index is 13.3. The highest BCUT2D eigenvalue weighted by molar-refractivity contribution is 5.79. The molecule has 0 spiro atoms. The molecule has 3 aromatic carbocycles. The lowest BCUT2D eigenvalue weighted by Crippen LogP contribution is -2.60. The minimum atomic E-state index is -0.519. The van der Waals surface area contributed by atoms with E-state index in [1.165, 1.54) is 16.7 Å². The molecular weight excluding hydrogens is 370 g/mol. The Morgan fingerprint density at radius 1 is 0.833 bits per heavy atom. The minimum absolute atomic E-state index is 0.00452. The summed E-state index contributed by atoms with van der Waals surface area (Å²) in [4.78, 5) is 15.6. The monoisotopic (exact) mass is 399 g/mol. The van der Waals surface area contributed by atoms with Crippen LogP contribution in [0.1, 0.15) is 49.4 Å². The van der Waals surface area contributed by atoms with Crippen LogP contribution in [0.15, 0.2) is 91.0 Å². The van der Waals surface area contributed by atoms with E-state index in [4.69, 9.17) is 4.74 Å². The molecule has 0 radical (unpaired) electrons. The number of carbonyl (C=O) groups excluding carboxylic acids is 1. The van der Waals surface area contributed by atoms with Gasteiger partial charge in [0.25, 0.3) is 0 Å². The molecule has 3 aromatic rings. The number of hydrogen-bond acceptors (Lipinski definition) is 3. The number of carbonyl (C=O) groups is 1. The Labute approximate surface area is 179 Å². The van der Waals surface area contributed by atoms with Gasteiger partial charge < -0.3 is 4.74 Å². The molecule has 1 heterocycles. The third-order valence-corrected chi connectivity index (χ3v) is 5.58. The normalized spacial score (nSPS) is 19.3. The third-order valence-electron chi connectivity index (χ3n) is 5.58. The van der Waals surface area contributed by atoms with E-state index in [1.54, 1.807) is 0 Å². The molecule has 0 amide bonds. The van der Waals surface area contributed by atoms with Crippen molar-refractivity contribution < 1.29 is 9.53 Å². The van der Waals surface area contributed by atoms with Crippen molar-refractivity contribution in [2.24, 2.45) is 0 Å². The van der Waals surface area contributed by atoms with Gasteiger partial charge in [-0.3, -0.25) is 9.69 Å². The summed E-state index contributed by atoms with van der Waals surface area (Å²) in [7, 11) is 0. The highest BCUT2D eigenvalue weighted by Crippen LogP contribution is 2.43. The van der Waals surface area contributed by atoms with Crippen LogP contribution in [-0.2, 0) is 9.53 Å². The Morgan fingerprint density at radius 2 is 1.30 bits per heavy atom. The average Bonchev–Trinajstić information content (AvgIpc) is 2.71. The van der Waals surface area contributed by atoms with Crippen molar-refractivity contribution in [2.75, 3.05) is 6.54 Å². The Bertz CT molecular complexity index is 925. The number of rotatable bonds is 5. The average molecular weight is 400 g/mol. The second-order valence-electron chi connectivity index (χ2n) is 8.92. The van der Waals surface area contributed by atoms with Crippen LogP contribution < -0.4 is 0 Å². The Hall–Kier alpha value is -2.91. The summed E-state index contributed by atoms with van der Waals surface area (Å²) in [6.45, 7) is 6.59. The molecule has 3 nitrogen and oxygen atoms in total. The molecule has 0 N–H and O–H groups in total. The number of benzene rings is 3. The molecule has 2 atom stereocenters. The second-order valence-corrected chi connectivity index (χ2v) is 8.92. The summed E-state index contributed by atoms with van der Waals surface area (Å²) >= 11 is 0. The van der Waals surface area contributed by atoms with Gasteiger partial charge in [-0.1, -0.05) is 91.0 Å². The maximum Gasteiger partial charge on any atom is 0.324 e. The van der Waals surface area contributed by atoms with Gasteiger partial charge in [0.15, 0.2) is 0 Å². The first kappa shape index (κ1) is 20.4. The number of likely N-dealkylation sites (tertiary alicyclic amines) is 1. The van der Waals surface area contributed by atoms with Gasteiger partial charge in [0.1, 0.15) is 11.6 Å². The maximum atomic E-state index is 13.3. The fraction of sp³-hybridized carbons (Fsp3) is 0.296. The summed E-state index contributed by atoms with van der Waals surface area (Å²) in [5, 5.41) is 0. The second kappa shape index (κ2) is 8.45. The quantitative estimate of drug-likeness (QED) is 0.524. The van der Waals surface area contributed by atoms with Crippen LogP contribution in [0.5, 0.6) is 0 Å². The number of ether oxygens (including phenoxy) is 1. The van der Waals surface area contributed by atoms with Gasteiger partial charge >= 0.3 is 5.97 Å². The van der Waals surface area contributed by atoms with E-state index in [1.807, 2.05) is 51.1 Å². The van der Waals surface area contributed by atoms with Crippen LogP contribution in [0, 0.1) is 0 Å². The van der Waals surface area contributed by atoms with Gasteiger partial charge in [-0.05, 0) is 37.5 Å². The summed E-state index contributed by atoms with van der Waals surface area (Å²) in [6, 6.07) is 30.8. The van der Waals surface area contributed by atoms with Crippen LogP contribution in [0.4, 0.5) is 0 Å². The first-order chi connectivity index (χ1) is 14.4. The first-order valence-electron chi connectivity index (χ1n) is 10.6. The van der Waals surface area contributed by atoms with Crippen LogP contribution in [0.2, 0.25) is 0 Å². The third kappa shape index (κ3) is 4.31. The molecule has 0 bridgehead atoms. The van der Waals surface area contributed by atoms with Crippen LogP contribution in [0.3, 0.4) is 0 Å². The van der Waals surface area contributed by atoms with Crippen molar-refractivity contribution in [3.05, 3.63) is 108 Å². The predicted octanol–water partition coefficient (Wildman–Crippen LogP) is 5.59. The van der Waals surface area contributed by atoms with E-state index in [0.29, 0.717) is 0 Å². The molecule has 0 aromatic heterocycles. The molecule has 1 aliphatic rings.